The fourth-order valence-electron chi connectivity index (χ4n) is 1.80. The first-order valence-corrected chi connectivity index (χ1v) is 7.57. The van der Waals surface area contributed by atoms with Gasteiger partial charge in [0.05, 0.1) is 6.04 Å². The average molecular weight is 342 g/mol. The number of nitrogens with zero attached hydrogens (tertiary/aromatic N) is 1. The number of H-pyrrole nitrogens is 1. The molecule has 0 saturated heterocycles. The van der Waals surface area contributed by atoms with Gasteiger partial charge in [-0.05, 0) is 47.5 Å². The van der Waals surface area contributed by atoms with E-state index in [2.05, 4.69) is 42.6 Å². The Hall–Kier alpha value is -1.11. The van der Waals surface area contributed by atoms with Crippen molar-refractivity contribution in [3.63, 3.8) is 0 Å². The predicted octanol–water partition coefficient (Wildman–Crippen LogP) is 2.87. The van der Waals surface area contributed by atoms with Crippen molar-refractivity contribution in [3.05, 3.63) is 44.8 Å². The smallest absolute Gasteiger partial charge is 0.267 e. The summed E-state index contributed by atoms with van der Waals surface area (Å²) in [5.41, 5.74) is 0.565. The summed E-state index contributed by atoms with van der Waals surface area (Å²) in [7, 11) is 4.03. The van der Waals surface area contributed by atoms with Crippen LogP contribution in [0, 0.1) is 0 Å². The van der Waals surface area contributed by atoms with E-state index in [0.29, 0.717) is 12.2 Å². The van der Waals surface area contributed by atoms with Crippen molar-refractivity contribution in [2.45, 2.75) is 6.04 Å². The Bertz CT molecular complexity index is 536. The molecule has 1 amide bonds. The molecule has 0 spiro atoms. The second-order valence-electron chi connectivity index (χ2n) is 4.44. The van der Waals surface area contributed by atoms with E-state index in [4.69, 9.17) is 0 Å². The highest BCUT2D eigenvalue weighted by atomic mass is 79.9. The van der Waals surface area contributed by atoms with E-state index < -0.39 is 0 Å². The van der Waals surface area contributed by atoms with E-state index >= 15 is 0 Å². The highest BCUT2D eigenvalue weighted by Gasteiger charge is 2.17. The minimum atomic E-state index is -0.0888. The summed E-state index contributed by atoms with van der Waals surface area (Å²) in [5.74, 6) is -0.0888. The van der Waals surface area contributed by atoms with Gasteiger partial charge in [0.15, 0.2) is 0 Å². The Balaban J connectivity index is 1.98. The minimum Gasteiger partial charge on any atom is -0.356 e. The van der Waals surface area contributed by atoms with Crippen LogP contribution in [0.15, 0.2) is 34.2 Å². The monoisotopic (exact) mass is 341 g/mol. The molecule has 0 aliphatic heterocycles. The Kier molecular flexibility index (Phi) is 4.79. The van der Waals surface area contributed by atoms with Gasteiger partial charge in [-0.1, -0.05) is 6.07 Å². The van der Waals surface area contributed by atoms with Gasteiger partial charge < -0.3 is 15.2 Å². The van der Waals surface area contributed by atoms with Gasteiger partial charge in [-0.3, -0.25) is 4.79 Å². The second-order valence-corrected chi connectivity index (χ2v) is 6.33. The lowest BCUT2D eigenvalue weighted by Crippen LogP contribution is -2.34. The van der Waals surface area contributed by atoms with E-state index in [9.17, 15) is 4.79 Å². The molecule has 0 radical (unpaired) electrons. The van der Waals surface area contributed by atoms with Crippen molar-refractivity contribution in [3.8, 4) is 0 Å². The highest BCUT2D eigenvalue weighted by molar-refractivity contribution is 9.10. The third-order valence-electron chi connectivity index (χ3n) is 2.84. The van der Waals surface area contributed by atoms with E-state index in [0.717, 1.165) is 4.47 Å². The summed E-state index contributed by atoms with van der Waals surface area (Å²) in [6, 6.07) is 6.08. The van der Waals surface area contributed by atoms with Crippen LogP contribution in [0.5, 0.6) is 0 Å². The maximum atomic E-state index is 12.0. The number of carbonyl (C=O) groups is 1. The van der Waals surface area contributed by atoms with Crippen molar-refractivity contribution in [1.29, 1.82) is 0 Å². The van der Waals surface area contributed by atoms with Gasteiger partial charge in [-0.2, -0.15) is 0 Å². The molecule has 6 heteroatoms. The van der Waals surface area contributed by atoms with E-state index in [-0.39, 0.29) is 11.9 Å². The average Bonchev–Trinajstić information content (AvgIpc) is 3.00. The number of rotatable bonds is 5. The zero-order valence-corrected chi connectivity index (χ0v) is 13.2. The molecule has 0 aromatic carbocycles. The Labute approximate surface area is 125 Å². The molecule has 0 unspecified atom stereocenters. The first-order valence-electron chi connectivity index (χ1n) is 5.90. The number of carbonyl (C=O) groups excluding carboxylic acids is 1. The van der Waals surface area contributed by atoms with Crippen LogP contribution in [0.2, 0.25) is 0 Å². The topological polar surface area (TPSA) is 48.1 Å². The SMILES string of the molecule is CN(C)[C@@H](CNC(=O)c1cc(Br)c[nH]1)c1cccs1. The molecule has 4 nitrogen and oxygen atoms in total. The largest absolute Gasteiger partial charge is 0.356 e. The zero-order chi connectivity index (χ0) is 13.8. The number of nitrogens with one attached hydrogen (secondary N) is 2. The van der Waals surface area contributed by atoms with Gasteiger partial charge >= 0.3 is 0 Å². The molecule has 0 aliphatic rings. The quantitative estimate of drug-likeness (QED) is 0.878. The van der Waals surface area contributed by atoms with Crippen molar-refractivity contribution in [1.82, 2.24) is 15.2 Å². The maximum absolute atomic E-state index is 12.0. The summed E-state index contributed by atoms with van der Waals surface area (Å²) in [6.07, 6.45) is 1.75. The fraction of sp³-hybridized carbons (Fsp3) is 0.308. The molecule has 102 valence electrons. The summed E-state index contributed by atoms with van der Waals surface area (Å²) >= 11 is 5.02. The van der Waals surface area contributed by atoms with Gasteiger partial charge in [-0.15, -0.1) is 11.3 Å². The van der Waals surface area contributed by atoms with Crippen LogP contribution >= 0.6 is 27.3 Å². The third kappa shape index (κ3) is 3.68. The highest BCUT2D eigenvalue weighted by Crippen LogP contribution is 2.22. The van der Waals surface area contributed by atoms with E-state index in [1.165, 1.54) is 4.88 Å². The van der Waals surface area contributed by atoms with Crippen LogP contribution in [0.4, 0.5) is 0 Å². The Morgan fingerprint density at radius 3 is 2.89 bits per heavy atom. The minimum absolute atomic E-state index is 0.0888. The summed E-state index contributed by atoms with van der Waals surface area (Å²) in [4.78, 5) is 18.3. The molecule has 2 N–H and O–H groups in total. The lowest BCUT2D eigenvalue weighted by atomic mass is 10.2. The molecule has 0 saturated carbocycles. The lowest BCUT2D eigenvalue weighted by molar-refractivity contribution is 0.0938. The number of hydrogen-bond donors (Lipinski definition) is 2. The molecule has 2 rings (SSSR count). The molecule has 2 aromatic heterocycles. The molecule has 2 heterocycles. The molecular weight excluding hydrogens is 326 g/mol. The fourth-order valence-corrected chi connectivity index (χ4v) is 3.07. The lowest BCUT2D eigenvalue weighted by Gasteiger charge is -2.23. The molecule has 1 atom stereocenters. The van der Waals surface area contributed by atoms with Crippen molar-refractivity contribution in [2.24, 2.45) is 0 Å². The van der Waals surface area contributed by atoms with Gasteiger partial charge in [0.25, 0.3) is 5.91 Å². The zero-order valence-electron chi connectivity index (χ0n) is 10.8. The van der Waals surface area contributed by atoms with Gasteiger partial charge in [0.1, 0.15) is 5.69 Å². The van der Waals surface area contributed by atoms with Gasteiger partial charge in [0, 0.05) is 22.1 Å². The normalized spacial score (nSPS) is 12.6. The van der Waals surface area contributed by atoms with Crippen molar-refractivity contribution >= 4 is 33.2 Å². The standard InChI is InChI=1S/C13H16BrN3OS/c1-17(2)11(12-4-3-5-19-12)8-16-13(18)10-6-9(14)7-15-10/h3-7,11,15H,8H2,1-2H3,(H,16,18)/t11-/m0/s1. The van der Waals surface area contributed by atoms with Crippen LogP contribution in [0.25, 0.3) is 0 Å². The first-order chi connectivity index (χ1) is 9.08. The van der Waals surface area contributed by atoms with Gasteiger partial charge in [0.2, 0.25) is 0 Å². The second kappa shape index (κ2) is 6.36. The first kappa shape index (κ1) is 14.3. The predicted molar refractivity (Wildman–Crippen MR) is 81.6 cm³/mol. The van der Waals surface area contributed by atoms with Crippen LogP contribution < -0.4 is 5.32 Å². The Morgan fingerprint density at radius 2 is 2.37 bits per heavy atom. The number of hydrogen-bond acceptors (Lipinski definition) is 3. The number of likely N-dealkylation sites (N-methyl/N-ethyl adjacent to an activating group) is 1. The molecular formula is C13H16BrN3OS. The van der Waals surface area contributed by atoms with E-state index in [1.54, 1.807) is 23.6 Å². The number of amides is 1. The van der Waals surface area contributed by atoms with Crippen molar-refractivity contribution in [2.75, 3.05) is 20.6 Å². The van der Waals surface area contributed by atoms with Crippen molar-refractivity contribution < 1.29 is 4.79 Å². The van der Waals surface area contributed by atoms with Crippen LogP contribution in [-0.4, -0.2) is 36.4 Å². The van der Waals surface area contributed by atoms with Crippen LogP contribution in [-0.2, 0) is 0 Å². The van der Waals surface area contributed by atoms with E-state index in [1.807, 2.05) is 20.2 Å². The third-order valence-corrected chi connectivity index (χ3v) is 4.27. The summed E-state index contributed by atoms with van der Waals surface area (Å²) in [5, 5.41) is 5.01. The molecule has 0 aliphatic carbocycles. The van der Waals surface area contributed by atoms with Gasteiger partial charge in [-0.25, -0.2) is 0 Å². The molecule has 0 fully saturated rings. The number of aromatic nitrogens is 1. The van der Waals surface area contributed by atoms with Crippen LogP contribution in [0.3, 0.4) is 0 Å². The molecule has 2 aromatic rings. The van der Waals surface area contributed by atoms with Crippen LogP contribution in [0.1, 0.15) is 21.4 Å². The Morgan fingerprint density at radius 1 is 1.58 bits per heavy atom. The number of thiophene rings is 1. The number of aromatic amines is 1. The summed E-state index contributed by atoms with van der Waals surface area (Å²) < 4.78 is 0.875. The molecule has 19 heavy (non-hydrogen) atoms. The number of halogens is 1. The maximum Gasteiger partial charge on any atom is 0.267 e. The summed E-state index contributed by atoms with van der Waals surface area (Å²) in [6.45, 7) is 0.586. The molecule has 0 bridgehead atoms.